The summed E-state index contributed by atoms with van der Waals surface area (Å²) in [7, 11) is -4.76. The zero-order valence-electron chi connectivity index (χ0n) is 36.8. The summed E-state index contributed by atoms with van der Waals surface area (Å²) in [6, 6.07) is -1.55. The largest absolute Gasteiger partial charge is 0.480 e. The van der Waals surface area contributed by atoms with E-state index in [1.807, 2.05) is 24.3 Å². The number of hydrogen-bond acceptors (Lipinski definition) is 10. The molecule has 0 aromatic heterocycles. The van der Waals surface area contributed by atoms with Crippen molar-refractivity contribution in [2.75, 3.05) is 19.8 Å². The smallest absolute Gasteiger partial charge is 0.472 e. The third-order valence-electron chi connectivity index (χ3n) is 8.58. The lowest BCUT2D eigenvalue weighted by atomic mass is 10.1. The Balaban J connectivity index is 4.56. The minimum absolute atomic E-state index is 0.0537. The molecule has 0 aliphatic carbocycles. The van der Waals surface area contributed by atoms with E-state index in [4.69, 9.17) is 24.8 Å². The zero-order chi connectivity index (χ0) is 45.1. The first-order valence-corrected chi connectivity index (χ1v) is 23.5. The SMILES string of the molecule is CC/C=C\C/C=C\C/C=C\C/C=C\C/C=C\CCCCCC(=O)OC[C@H](COP(=O)(O)OC[C@H](N)C(=O)O)OC(=O)CCC/C=C\C/C=C\C/C=C\C/C=C\[C@H](O)CCCC. The molecule has 1 unspecified atom stereocenters. The summed E-state index contributed by atoms with van der Waals surface area (Å²) in [5.41, 5.74) is 5.32. The number of phosphoric ester groups is 1. The van der Waals surface area contributed by atoms with Gasteiger partial charge < -0.3 is 30.3 Å². The highest BCUT2D eigenvalue weighted by molar-refractivity contribution is 7.47. The van der Waals surface area contributed by atoms with Gasteiger partial charge in [0.1, 0.15) is 12.6 Å². The van der Waals surface area contributed by atoms with Gasteiger partial charge in [0, 0.05) is 12.8 Å². The van der Waals surface area contributed by atoms with E-state index in [2.05, 4.69) is 103 Å². The lowest BCUT2D eigenvalue weighted by Gasteiger charge is -2.20. The standard InChI is InChI=1S/C48H76NO11P/c1-3-5-7-8-9-10-11-12-13-14-15-16-17-18-22-25-28-31-34-38-46(51)57-40-44(41-58-61(55,56)59-42-45(49)48(53)54)60-47(52)39-35-32-29-26-23-20-19-21-24-27-30-33-37-43(50)36-6-4-2/h5,7,9-10,12-13,15-16,18-20,22,24,26-27,29,33,37,43-45,50H,3-4,6,8,11,14,17,21,23,25,28,30-32,34-36,38-42,49H2,1-2H3,(H,53,54)(H,55,56)/b7-5-,10-9-,13-12-,16-15-,20-19-,22-18-,27-24-,29-26-,37-33-/t43-,44-,45+/m1/s1. The van der Waals surface area contributed by atoms with E-state index in [-0.39, 0.29) is 18.9 Å². The molecule has 0 spiro atoms. The number of phosphoric acid groups is 1. The molecule has 61 heavy (non-hydrogen) atoms. The number of carboxylic acids is 1. The Bertz CT molecular complexity index is 1460. The number of unbranched alkanes of at least 4 members (excludes halogenated alkanes) is 5. The number of hydrogen-bond donors (Lipinski definition) is 4. The Morgan fingerprint density at radius 2 is 1.07 bits per heavy atom. The first kappa shape index (κ1) is 57.1. The average molecular weight is 874 g/mol. The molecular formula is C48H76NO11P. The Morgan fingerprint density at radius 1 is 0.590 bits per heavy atom. The molecule has 0 saturated carbocycles. The van der Waals surface area contributed by atoms with Crippen molar-refractivity contribution < 1.29 is 52.6 Å². The van der Waals surface area contributed by atoms with Crippen LogP contribution in [0, 0.1) is 0 Å². The summed E-state index contributed by atoms with van der Waals surface area (Å²) >= 11 is 0. The highest BCUT2D eigenvalue weighted by Gasteiger charge is 2.28. The minimum atomic E-state index is -4.76. The maximum Gasteiger partial charge on any atom is 0.472 e. The Kier molecular flexibility index (Phi) is 38.8. The summed E-state index contributed by atoms with van der Waals surface area (Å²) in [6.07, 6.45) is 50.7. The van der Waals surface area contributed by atoms with Crippen molar-refractivity contribution in [1.29, 1.82) is 0 Å². The van der Waals surface area contributed by atoms with Gasteiger partial charge in [-0.1, -0.05) is 142 Å². The van der Waals surface area contributed by atoms with Crippen LogP contribution in [0.3, 0.4) is 0 Å². The van der Waals surface area contributed by atoms with Gasteiger partial charge in [-0.3, -0.25) is 23.4 Å². The highest BCUT2D eigenvalue weighted by Crippen LogP contribution is 2.43. The van der Waals surface area contributed by atoms with E-state index in [1.165, 1.54) is 0 Å². The predicted octanol–water partition coefficient (Wildman–Crippen LogP) is 10.8. The van der Waals surface area contributed by atoms with Crippen LogP contribution < -0.4 is 5.73 Å². The Morgan fingerprint density at radius 3 is 1.59 bits per heavy atom. The van der Waals surface area contributed by atoms with Crippen LogP contribution in [0.1, 0.15) is 136 Å². The number of aliphatic carboxylic acids is 1. The molecule has 0 aromatic rings. The first-order chi connectivity index (χ1) is 29.5. The molecule has 0 bridgehead atoms. The van der Waals surface area contributed by atoms with Crippen molar-refractivity contribution in [3.8, 4) is 0 Å². The topological polar surface area (TPSA) is 192 Å². The molecule has 0 aromatic carbocycles. The Labute approximate surface area is 366 Å². The number of carboxylic acid groups (broad SMARTS) is 1. The van der Waals surface area contributed by atoms with Crippen LogP contribution in [0.5, 0.6) is 0 Å². The van der Waals surface area contributed by atoms with Gasteiger partial charge in [0.2, 0.25) is 0 Å². The lowest BCUT2D eigenvalue weighted by molar-refractivity contribution is -0.161. The van der Waals surface area contributed by atoms with Gasteiger partial charge in [0.05, 0.1) is 19.3 Å². The average Bonchev–Trinajstić information content (AvgIpc) is 3.23. The fourth-order valence-corrected chi connectivity index (χ4v) is 5.88. The number of carbonyl (C=O) groups is 3. The fourth-order valence-electron chi connectivity index (χ4n) is 5.10. The zero-order valence-corrected chi connectivity index (χ0v) is 37.7. The van der Waals surface area contributed by atoms with E-state index in [0.29, 0.717) is 19.3 Å². The molecule has 13 heteroatoms. The number of rotatable bonds is 39. The summed E-state index contributed by atoms with van der Waals surface area (Å²) in [6.45, 7) is 2.41. The number of nitrogens with two attached hydrogens (primary N) is 1. The molecule has 0 heterocycles. The second-order valence-electron chi connectivity index (χ2n) is 14.3. The van der Waals surface area contributed by atoms with Gasteiger partial charge in [-0.05, 0) is 89.9 Å². The molecule has 0 aliphatic rings. The first-order valence-electron chi connectivity index (χ1n) is 22.0. The maximum absolute atomic E-state index is 12.6. The molecular weight excluding hydrogens is 797 g/mol. The number of aliphatic hydroxyl groups is 1. The van der Waals surface area contributed by atoms with Gasteiger partial charge in [-0.25, -0.2) is 4.57 Å². The maximum atomic E-state index is 12.6. The molecule has 0 fully saturated rings. The third kappa shape index (κ3) is 41.2. The van der Waals surface area contributed by atoms with E-state index < -0.39 is 57.7 Å². The number of ether oxygens (including phenoxy) is 2. The molecule has 0 amide bonds. The van der Waals surface area contributed by atoms with Crippen LogP contribution in [0.25, 0.3) is 0 Å². The highest BCUT2D eigenvalue weighted by atomic mass is 31.2. The number of aliphatic hydroxyl groups excluding tert-OH is 1. The third-order valence-corrected chi connectivity index (χ3v) is 9.53. The van der Waals surface area contributed by atoms with E-state index in [1.54, 1.807) is 0 Å². The molecule has 0 saturated heterocycles. The van der Waals surface area contributed by atoms with Crippen LogP contribution in [-0.4, -0.2) is 71.1 Å². The van der Waals surface area contributed by atoms with Crippen LogP contribution in [-0.2, 0) is 37.5 Å². The number of allylic oxidation sites excluding steroid dienone is 17. The van der Waals surface area contributed by atoms with Crippen LogP contribution in [0.15, 0.2) is 109 Å². The number of carbonyl (C=O) groups excluding carboxylic acids is 2. The van der Waals surface area contributed by atoms with Crippen LogP contribution in [0.4, 0.5) is 0 Å². The van der Waals surface area contributed by atoms with Gasteiger partial charge in [0.15, 0.2) is 6.10 Å². The number of esters is 2. The second kappa shape index (κ2) is 41.5. The summed E-state index contributed by atoms with van der Waals surface area (Å²) in [4.78, 5) is 46.0. The molecule has 344 valence electrons. The molecule has 4 atom stereocenters. The van der Waals surface area contributed by atoms with E-state index in [9.17, 15) is 28.9 Å². The Hall–Kier alpha value is -3.90. The summed E-state index contributed by atoms with van der Waals surface area (Å²) < 4.78 is 32.6. The van der Waals surface area contributed by atoms with Gasteiger partial charge in [-0.15, -0.1) is 0 Å². The summed E-state index contributed by atoms with van der Waals surface area (Å²) in [5.74, 6) is -2.54. The van der Waals surface area contributed by atoms with Crippen molar-refractivity contribution >= 4 is 25.7 Å². The van der Waals surface area contributed by atoms with Crippen molar-refractivity contribution in [1.82, 2.24) is 0 Å². The molecule has 0 aliphatic heterocycles. The quantitative estimate of drug-likeness (QED) is 0.0198. The van der Waals surface area contributed by atoms with Crippen molar-refractivity contribution in [3.05, 3.63) is 109 Å². The predicted molar refractivity (Wildman–Crippen MR) is 246 cm³/mol. The monoisotopic (exact) mass is 874 g/mol. The molecule has 0 rings (SSSR count). The van der Waals surface area contributed by atoms with Crippen molar-refractivity contribution in [2.45, 2.75) is 154 Å². The normalized spacial score (nSPS) is 15.2. The van der Waals surface area contributed by atoms with Gasteiger partial charge in [-0.2, -0.15) is 0 Å². The van der Waals surface area contributed by atoms with E-state index >= 15 is 0 Å². The van der Waals surface area contributed by atoms with E-state index in [0.717, 1.165) is 89.9 Å². The van der Waals surface area contributed by atoms with Gasteiger partial charge in [0.25, 0.3) is 0 Å². The molecule has 12 nitrogen and oxygen atoms in total. The lowest BCUT2D eigenvalue weighted by Crippen LogP contribution is -2.34. The minimum Gasteiger partial charge on any atom is -0.480 e. The van der Waals surface area contributed by atoms with Crippen LogP contribution >= 0.6 is 7.82 Å². The van der Waals surface area contributed by atoms with Crippen LogP contribution in [0.2, 0.25) is 0 Å². The summed E-state index contributed by atoms with van der Waals surface area (Å²) in [5, 5.41) is 18.7. The van der Waals surface area contributed by atoms with Crippen molar-refractivity contribution in [3.63, 3.8) is 0 Å². The van der Waals surface area contributed by atoms with Gasteiger partial charge >= 0.3 is 25.7 Å². The second-order valence-corrected chi connectivity index (χ2v) is 15.7. The molecule has 5 N–H and O–H groups in total. The molecule has 0 radical (unpaired) electrons. The van der Waals surface area contributed by atoms with Crippen molar-refractivity contribution in [2.24, 2.45) is 5.73 Å². The fraction of sp³-hybridized carbons (Fsp3) is 0.562.